The first kappa shape index (κ1) is 13.4. The second kappa shape index (κ2) is 5.45. The molecule has 0 aromatic heterocycles. The van der Waals surface area contributed by atoms with E-state index in [1.165, 1.54) is 23.4 Å². The summed E-state index contributed by atoms with van der Waals surface area (Å²) in [7, 11) is 0. The highest BCUT2D eigenvalue weighted by Gasteiger charge is 2.25. The molecular weight excluding hydrogens is 273 g/mol. The van der Waals surface area contributed by atoms with E-state index in [0.29, 0.717) is 11.9 Å². The lowest BCUT2D eigenvalue weighted by atomic mass is 9.95. The van der Waals surface area contributed by atoms with Crippen LogP contribution in [0, 0.1) is 5.82 Å². The molecule has 0 radical (unpaired) electrons. The van der Waals surface area contributed by atoms with E-state index in [1.807, 2.05) is 12.1 Å². The standard InChI is InChI=1S/C17H17ClFN/c1-12-6-7-13-4-2-3-5-16(13)20(12)17-9-8-15(19)10-14(17)11-18/h2-5,8-10,12H,6-7,11H2,1H3. The molecule has 104 valence electrons. The lowest BCUT2D eigenvalue weighted by molar-refractivity contribution is 0.611. The Morgan fingerprint density at radius 3 is 2.80 bits per heavy atom. The van der Waals surface area contributed by atoms with Gasteiger partial charge in [-0.15, -0.1) is 11.6 Å². The van der Waals surface area contributed by atoms with Gasteiger partial charge in [0.2, 0.25) is 0 Å². The fourth-order valence-electron chi connectivity index (χ4n) is 2.95. The van der Waals surface area contributed by atoms with E-state index in [9.17, 15) is 4.39 Å². The third-order valence-corrected chi connectivity index (χ3v) is 4.26. The van der Waals surface area contributed by atoms with Crippen LogP contribution in [0.4, 0.5) is 15.8 Å². The summed E-state index contributed by atoms with van der Waals surface area (Å²) >= 11 is 6.00. The number of hydrogen-bond acceptors (Lipinski definition) is 1. The van der Waals surface area contributed by atoms with E-state index in [-0.39, 0.29) is 5.82 Å². The van der Waals surface area contributed by atoms with Gasteiger partial charge in [0.05, 0.1) is 0 Å². The number of rotatable bonds is 2. The summed E-state index contributed by atoms with van der Waals surface area (Å²) in [5.74, 6) is 0.0840. The molecule has 3 rings (SSSR count). The lowest BCUT2D eigenvalue weighted by Gasteiger charge is -2.38. The highest BCUT2D eigenvalue weighted by atomic mass is 35.5. The molecule has 1 nitrogen and oxygen atoms in total. The van der Waals surface area contributed by atoms with Crippen molar-refractivity contribution in [3.8, 4) is 0 Å². The molecule has 1 aliphatic heterocycles. The predicted octanol–water partition coefficient (Wildman–Crippen LogP) is 5.04. The van der Waals surface area contributed by atoms with Crippen LogP contribution in [-0.4, -0.2) is 6.04 Å². The zero-order chi connectivity index (χ0) is 14.1. The highest BCUT2D eigenvalue weighted by molar-refractivity contribution is 6.17. The molecule has 0 fully saturated rings. The third kappa shape index (κ3) is 2.29. The first-order valence-corrected chi connectivity index (χ1v) is 7.45. The van der Waals surface area contributed by atoms with Gasteiger partial charge in [0.15, 0.2) is 0 Å². The topological polar surface area (TPSA) is 3.24 Å². The highest BCUT2D eigenvalue weighted by Crippen LogP contribution is 2.38. The Hall–Kier alpha value is -1.54. The van der Waals surface area contributed by atoms with Crippen LogP contribution < -0.4 is 4.90 Å². The Morgan fingerprint density at radius 1 is 1.20 bits per heavy atom. The molecule has 2 aromatic carbocycles. The second-order valence-corrected chi connectivity index (χ2v) is 5.56. The van der Waals surface area contributed by atoms with E-state index in [0.717, 1.165) is 24.1 Å². The molecule has 1 atom stereocenters. The number of halogens is 2. The maximum absolute atomic E-state index is 13.4. The maximum atomic E-state index is 13.4. The Kier molecular flexibility index (Phi) is 3.66. The van der Waals surface area contributed by atoms with E-state index < -0.39 is 0 Å². The van der Waals surface area contributed by atoms with Crippen molar-refractivity contribution in [3.63, 3.8) is 0 Å². The van der Waals surface area contributed by atoms with Gasteiger partial charge < -0.3 is 4.90 Å². The van der Waals surface area contributed by atoms with Gasteiger partial charge in [-0.3, -0.25) is 0 Å². The number of fused-ring (bicyclic) bond motifs is 1. The van der Waals surface area contributed by atoms with Gasteiger partial charge in [0.25, 0.3) is 0 Å². The van der Waals surface area contributed by atoms with Crippen LogP contribution in [0.5, 0.6) is 0 Å². The number of benzene rings is 2. The summed E-state index contributed by atoms with van der Waals surface area (Å²) in [4.78, 5) is 2.29. The van der Waals surface area contributed by atoms with Gasteiger partial charge in [0, 0.05) is 23.3 Å². The monoisotopic (exact) mass is 289 g/mol. The number of nitrogens with zero attached hydrogens (tertiary/aromatic N) is 1. The van der Waals surface area contributed by atoms with Gasteiger partial charge in [-0.05, 0) is 55.2 Å². The quantitative estimate of drug-likeness (QED) is 0.700. The summed E-state index contributed by atoms with van der Waals surface area (Å²) in [6.07, 6.45) is 2.18. The Morgan fingerprint density at radius 2 is 2.00 bits per heavy atom. The van der Waals surface area contributed by atoms with Crippen molar-refractivity contribution in [2.45, 2.75) is 31.7 Å². The van der Waals surface area contributed by atoms with Gasteiger partial charge in [-0.1, -0.05) is 18.2 Å². The Bertz CT molecular complexity index is 626. The van der Waals surface area contributed by atoms with E-state index >= 15 is 0 Å². The summed E-state index contributed by atoms with van der Waals surface area (Å²) in [6, 6.07) is 13.7. The Labute approximate surface area is 124 Å². The van der Waals surface area contributed by atoms with Crippen LogP contribution in [0.25, 0.3) is 0 Å². The normalized spacial score (nSPS) is 17.9. The summed E-state index contributed by atoms with van der Waals surface area (Å²) < 4.78 is 13.4. The number of aryl methyl sites for hydroxylation is 1. The minimum absolute atomic E-state index is 0.234. The average Bonchev–Trinajstić information content (AvgIpc) is 2.48. The van der Waals surface area contributed by atoms with E-state index in [2.05, 4.69) is 30.0 Å². The molecular formula is C17H17ClFN. The van der Waals surface area contributed by atoms with Crippen LogP contribution in [0.1, 0.15) is 24.5 Å². The minimum Gasteiger partial charge on any atom is -0.338 e. The second-order valence-electron chi connectivity index (χ2n) is 5.29. The summed E-state index contributed by atoms with van der Waals surface area (Å²) in [5.41, 5.74) is 4.41. The molecule has 0 amide bonds. The number of hydrogen-bond donors (Lipinski definition) is 0. The van der Waals surface area contributed by atoms with Crippen molar-refractivity contribution in [3.05, 3.63) is 59.4 Å². The van der Waals surface area contributed by atoms with Crippen molar-refractivity contribution < 1.29 is 4.39 Å². The molecule has 0 saturated heterocycles. The molecule has 0 saturated carbocycles. The molecule has 3 heteroatoms. The molecule has 0 spiro atoms. The van der Waals surface area contributed by atoms with Crippen LogP contribution >= 0.6 is 11.6 Å². The number of alkyl halides is 1. The van der Waals surface area contributed by atoms with Crippen molar-refractivity contribution in [1.82, 2.24) is 0 Å². The zero-order valence-electron chi connectivity index (χ0n) is 11.4. The van der Waals surface area contributed by atoms with Gasteiger partial charge in [0.1, 0.15) is 5.82 Å². The maximum Gasteiger partial charge on any atom is 0.123 e. The van der Waals surface area contributed by atoms with Crippen molar-refractivity contribution in [2.24, 2.45) is 0 Å². The molecule has 1 heterocycles. The minimum atomic E-state index is -0.234. The smallest absolute Gasteiger partial charge is 0.123 e. The first-order valence-electron chi connectivity index (χ1n) is 6.92. The fraction of sp³-hybridized carbons (Fsp3) is 0.294. The molecule has 2 aromatic rings. The van der Waals surface area contributed by atoms with Crippen LogP contribution in [-0.2, 0) is 12.3 Å². The molecule has 0 aliphatic carbocycles. The largest absolute Gasteiger partial charge is 0.338 e. The fourth-order valence-corrected chi connectivity index (χ4v) is 3.17. The van der Waals surface area contributed by atoms with Gasteiger partial charge in [-0.25, -0.2) is 4.39 Å². The van der Waals surface area contributed by atoms with Crippen LogP contribution in [0.15, 0.2) is 42.5 Å². The third-order valence-electron chi connectivity index (χ3n) is 3.97. The summed E-state index contributed by atoms with van der Waals surface area (Å²) in [6.45, 7) is 2.21. The average molecular weight is 290 g/mol. The molecule has 20 heavy (non-hydrogen) atoms. The van der Waals surface area contributed by atoms with E-state index in [1.54, 1.807) is 0 Å². The SMILES string of the molecule is CC1CCc2ccccc2N1c1ccc(F)cc1CCl. The molecule has 1 aliphatic rings. The van der Waals surface area contributed by atoms with Crippen molar-refractivity contribution in [1.29, 1.82) is 0 Å². The first-order chi connectivity index (χ1) is 9.70. The number of anilines is 2. The molecule has 0 N–H and O–H groups in total. The van der Waals surface area contributed by atoms with Crippen molar-refractivity contribution >= 4 is 23.0 Å². The van der Waals surface area contributed by atoms with Crippen LogP contribution in [0.3, 0.4) is 0 Å². The molecule has 1 unspecified atom stereocenters. The zero-order valence-corrected chi connectivity index (χ0v) is 12.2. The lowest BCUT2D eigenvalue weighted by Crippen LogP contribution is -2.33. The summed E-state index contributed by atoms with van der Waals surface area (Å²) in [5, 5.41) is 0. The van der Waals surface area contributed by atoms with Gasteiger partial charge in [-0.2, -0.15) is 0 Å². The van der Waals surface area contributed by atoms with Crippen molar-refractivity contribution in [2.75, 3.05) is 4.90 Å². The molecule has 0 bridgehead atoms. The number of para-hydroxylation sites is 1. The van der Waals surface area contributed by atoms with Crippen LogP contribution in [0.2, 0.25) is 0 Å². The van der Waals surface area contributed by atoms with Gasteiger partial charge >= 0.3 is 0 Å². The van der Waals surface area contributed by atoms with E-state index in [4.69, 9.17) is 11.6 Å². The Balaban J connectivity index is 2.14. The predicted molar refractivity (Wildman–Crippen MR) is 82.3 cm³/mol.